The number of carbonyl (C=O) groups excluding carboxylic acids is 1. The van der Waals surface area contributed by atoms with Crippen LogP contribution < -0.4 is 9.64 Å². The summed E-state index contributed by atoms with van der Waals surface area (Å²) in [6.45, 7) is 6.23. The van der Waals surface area contributed by atoms with Gasteiger partial charge in [-0.2, -0.15) is 15.2 Å². The second-order valence-corrected chi connectivity index (χ2v) is 11.4. The molecular formula is C32H36FN7O2. The van der Waals surface area contributed by atoms with E-state index in [1.165, 1.54) is 11.6 Å². The number of rotatable bonds is 7. The Morgan fingerprint density at radius 1 is 1.19 bits per heavy atom. The predicted molar refractivity (Wildman–Crippen MR) is 159 cm³/mol. The number of aromatic nitrogens is 3. The fraction of sp³-hybridized carbons (Fsp3) is 0.469. The van der Waals surface area contributed by atoms with Crippen LogP contribution in [0, 0.1) is 17.1 Å². The van der Waals surface area contributed by atoms with Gasteiger partial charge in [0, 0.05) is 37.4 Å². The third-order valence-corrected chi connectivity index (χ3v) is 8.94. The third kappa shape index (κ3) is 5.29. The summed E-state index contributed by atoms with van der Waals surface area (Å²) in [5.41, 5.74) is 3.67. The van der Waals surface area contributed by atoms with Crippen LogP contribution in [0.1, 0.15) is 43.2 Å². The topological polar surface area (TPSA) is 98.5 Å². The fourth-order valence-electron chi connectivity index (χ4n) is 6.61. The summed E-state index contributed by atoms with van der Waals surface area (Å²) in [5.74, 6) is -0.209. The molecule has 10 heteroatoms. The molecule has 1 amide bonds. The van der Waals surface area contributed by atoms with Crippen molar-refractivity contribution in [2.45, 2.75) is 57.0 Å². The molecule has 0 radical (unpaired) electrons. The number of nitrogens with zero attached hydrogens (tertiary/aromatic N) is 7. The summed E-state index contributed by atoms with van der Waals surface area (Å²) >= 11 is 0. The fourth-order valence-corrected chi connectivity index (χ4v) is 6.61. The Bertz CT molecular complexity index is 1550. The Morgan fingerprint density at radius 3 is 2.83 bits per heavy atom. The lowest BCUT2D eigenvalue weighted by molar-refractivity contribution is -0.128. The van der Waals surface area contributed by atoms with Gasteiger partial charge in [0.25, 0.3) is 0 Å². The summed E-state index contributed by atoms with van der Waals surface area (Å²) < 4.78 is 22.7. The van der Waals surface area contributed by atoms with Crippen molar-refractivity contribution in [3.63, 3.8) is 0 Å². The van der Waals surface area contributed by atoms with Gasteiger partial charge in [0.15, 0.2) is 5.82 Å². The second kappa shape index (κ2) is 12.0. The zero-order chi connectivity index (χ0) is 29.2. The van der Waals surface area contributed by atoms with Gasteiger partial charge in [0.1, 0.15) is 23.6 Å². The number of anilines is 1. The van der Waals surface area contributed by atoms with Crippen LogP contribution in [0.4, 0.5) is 10.2 Å². The van der Waals surface area contributed by atoms with Crippen LogP contribution in [0.15, 0.2) is 37.1 Å². The summed E-state index contributed by atoms with van der Waals surface area (Å²) in [7, 11) is 2.07. The van der Waals surface area contributed by atoms with Crippen molar-refractivity contribution < 1.29 is 13.9 Å². The Balaban J connectivity index is 1.42. The van der Waals surface area contributed by atoms with Gasteiger partial charge in [0.2, 0.25) is 5.91 Å². The molecule has 0 bridgehead atoms. The van der Waals surface area contributed by atoms with E-state index in [0.717, 1.165) is 56.2 Å². The van der Waals surface area contributed by atoms with Crippen molar-refractivity contribution in [2.24, 2.45) is 0 Å². The molecule has 2 aliphatic heterocycles. The maximum Gasteiger partial charge on any atom is 0.319 e. The molecule has 1 aliphatic carbocycles. The highest BCUT2D eigenvalue weighted by molar-refractivity contribution is 5.92. The highest BCUT2D eigenvalue weighted by Crippen LogP contribution is 2.36. The van der Waals surface area contributed by atoms with E-state index >= 15 is 4.39 Å². The highest BCUT2D eigenvalue weighted by atomic mass is 19.1. The average Bonchev–Trinajstić information content (AvgIpc) is 3.44. The summed E-state index contributed by atoms with van der Waals surface area (Å²) in [6.07, 6.45) is 9.31. The molecule has 2 saturated heterocycles. The largest absolute Gasteiger partial charge is 0.462 e. The van der Waals surface area contributed by atoms with Crippen LogP contribution in [0.3, 0.4) is 0 Å². The van der Waals surface area contributed by atoms with Crippen LogP contribution in [0.25, 0.3) is 22.2 Å². The number of likely N-dealkylation sites (N-methyl/N-ethyl adjacent to an activating group) is 1. The SMILES string of the molecule is C=CC(=O)N1CCN(c2nc(OC[C@@H]3CCCN3C)nc3c(F)c(-c4cccc5c4CCCC5)ncc23)C[C@@H]1CC#N. The van der Waals surface area contributed by atoms with E-state index in [9.17, 15) is 10.1 Å². The minimum atomic E-state index is -0.494. The summed E-state index contributed by atoms with van der Waals surface area (Å²) in [5, 5.41) is 9.95. The second-order valence-electron chi connectivity index (χ2n) is 11.4. The molecule has 2 fully saturated rings. The molecule has 2 aromatic heterocycles. The Labute approximate surface area is 245 Å². The smallest absolute Gasteiger partial charge is 0.319 e. The number of carbonyl (C=O) groups is 1. The molecule has 42 heavy (non-hydrogen) atoms. The normalized spacial score (nSPS) is 20.8. The van der Waals surface area contributed by atoms with Crippen molar-refractivity contribution in [2.75, 3.05) is 44.7 Å². The van der Waals surface area contributed by atoms with E-state index < -0.39 is 5.82 Å². The van der Waals surface area contributed by atoms with Gasteiger partial charge < -0.3 is 19.4 Å². The van der Waals surface area contributed by atoms with Crippen LogP contribution >= 0.6 is 0 Å². The molecule has 0 unspecified atom stereocenters. The number of halogens is 1. The van der Waals surface area contributed by atoms with E-state index in [-0.39, 0.29) is 41.6 Å². The van der Waals surface area contributed by atoms with Crippen LogP contribution in [0.2, 0.25) is 0 Å². The lowest BCUT2D eigenvalue weighted by Crippen LogP contribution is -2.55. The number of ether oxygens (including phenoxy) is 1. The number of benzene rings is 1. The molecule has 218 valence electrons. The molecule has 0 saturated carbocycles. The van der Waals surface area contributed by atoms with Crippen LogP contribution in [0.5, 0.6) is 6.01 Å². The molecule has 3 aliphatic rings. The molecule has 0 spiro atoms. The number of hydrogen-bond acceptors (Lipinski definition) is 8. The minimum absolute atomic E-state index is 0.116. The Kier molecular flexibility index (Phi) is 8.02. The predicted octanol–water partition coefficient (Wildman–Crippen LogP) is 4.30. The Morgan fingerprint density at radius 2 is 2.05 bits per heavy atom. The monoisotopic (exact) mass is 569 g/mol. The number of piperazine rings is 1. The first kappa shape index (κ1) is 28.0. The zero-order valence-corrected chi connectivity index (χ0v) is 24.1. The molecule has 0 N–H and O–H groups in total. The lowest BCUT2D eigenvalue weighted by Gasteiger charge is -2.41. The van der Waals surface area contributed by atoms with Gasteiger partial charge in [-0.1, -0.05) is 24.8 Å². The molecule has 1 aromatic carbocycles. The first-order valence-corrected chi connectivity index (χ1v) is 14.8. The highest BCUT2D eigenvalue weighted by Gasteiger charge is 2.32. The van der Waals surface area contributed by atoms with Crippen molar-refractivity contribution in [1.29, 1.82) is 5.26 Å². The van der Waals surface area contributed by atoms with Crippen molar-refractivity contribution in [3.05, 3.63) is 54.0 Å². The van der Waals surface area contributed by atoms with Gasteiger partial charge in [-0.05, 0) is 69.3 Å². The van der Waals surface area contributed by atoms with E-state index in [2.05, 4.69) is 40.6 Å². The minimum Gasteiger partial charge on any atom is -0.462 e. The van der Waals surface area contributed by atoms with Crippen molar-refractivity contribution >= 4 is 22.6 Å². The standard InChI is InChI=1S/C32H36FN7O2/c1-3-27(41)40-17-16-39(19-22(40)13-14-34)31-26-18-35-29(25-12-6-9-21-8-4-5-11-24(21)25)28(33)30(26)36-32(37-31)42-20-23-10-7-15-38(23)2/h3,6,9,12,18,22-23H,1,4-5,7-8,10-11,13,15-17,19-20H2,2H3/t22-,23-/m0/s1. The molecule has 3 aromatic rings. The number of likely N-dealkylation sites (tertiary alicyclic amines) is 1. The quantitative estimate of drug-likeness (QED) is 0.389. The summed E-state index contributed by atoms with van der Waals surface area (Å²) in [4.78, 5) is 32.4. The van der Waals surface area contributed by atoms with E-state index in [0.29, 0.717) is 37.4 Å². The molecular weight excluding hydrogens is 533 g/mol. The molecule has 4 heterocycles. The number of amides is 1. The van der Waals surface area contributed by atoms with Crippen LogP contribution in [-0.2, 0) is 17.6 Å². The third-order valence-electron chi connectivity index (χ3n) is 8.94. The molecule has 9 nitrogen and oxygen atoms in total. The first-order chi connectivity index (χ1) is 20.5. The first-order valence-electron chi connectivity index (χ1n) is 14.8. The average molecular weight is 570 g/mol. The maximum atomic E-state index is 16.5. The van der Waals surface area contributed by atoms with Gasteiger partial charge in [-0.25, -0.2) is 4.39 Å². The maximum absolute atomic E-state index is 16.5. The summed E-state index contributed by atoms with van der Waals surface area (Å²) in [6, 6.07) is 8.24. The Hall–Kier alpha value is -4.10. The van der Waals surface area contributed by atoms with E-state index in [4.69, 9.17) is 9.72 Å². The number of nitriles is 1. The van der Waals surface area contributed by atoms with E-state index in [1.54, 1.807) is 11.1 Å². The van der Waals surface area contributed by atoms with Crippen molar-refractivity contribution in [1.82, 2.24) is 24.8 Å². The van der Waals surface area contributed by atoms with Crippen LogP contribution in [-0.4, -0.2) is 82.6 Å². The zero-order valence-electron chi connectivity index (χ0n) is 24.1. The van der Waals surface area contributed by atoms with Gasteiger partial charge in [0.05, 0.1) is 23.9 Å². The molecule has 6 rings (SSSR count). The van der Waals surface area contributed by atoms with Gasteiger partial charge in [-0.3, -0.25) is 9.78 Å². The van der Waals surface area contributed by atoms with Gasteiger partial charge in [-0.15, -0.1) is 0 Å². The van der Waals surface area contributed by atoms with E-state index in [1.807, 2.05) is 17.0 Å². The number of pyridine rings is 1. The number of fused-ring (bicyclic) bond motifs is 2. The number of hydrogen-bond donors (Lipinski definition) is 0. The molecule has 2 atom stereocenters. The number of aryl methyl sites for hydroxylation is 1. The van der Waals surface area contributed by atoms with Crippen molar-refractivity contribution in [3.8, 4) is 23.3 Å². The lowest BCUT2D eigenvalue weighted by atomic mass is 9.87. The van der Waals surface area contributed by atoms with Gasteiger partial charge >= 0.3 is 6.01 Å².